The van der Waals surface area contributed by atoms with Gasteiger partial charge in [-0.3, -0.25) is 14.9 Å². The molecule has 0 atom stereocenters. The predicted octanol–water partition coefficient (Wildman–Crippen LogP) is 5.94. The summed E-state index contributed by atoms with van der Waals surface area (Å²) in [5.41, 5.74) is 4.74. The largest absolute Gasteiger partial charge is 0.355 e. The van der Waals surface area contributed by atoms with Crippen molar-refractivity contribution < 1.29 is 9.18 Å². The Morgan fingerprint density at radius 2 is 1.80 bits per heavy atom. The summed E-state index contributed by atoms with van der Waals surface area (Å²) in [7, 11) is 0. The monoisotopic (exact) mass is 532 g/mol. The van der Waals surface area contributed by atoms with Gasteiger partial charge in [-0.25, -0.2) is 14.4 Å². The van der Waals surface area contributed by atoms with Crippen molar-refractivity contribution in [3.8, 4) is 22.6 Å². The van der Waals surface area contributed by atoms with Crippen molar-refractivity contribution >= 4 is 39.3 Å². The van der Waals surface area contributed by atoms with Gasteiger partial charge in [0.25, 0.3) is 5.91 Å². The molecule has 0 saturated carbocycles. The van der Waals surface area contributed by atoms with Gasteiger partial charge >= 0.3 is 0 Å². The zero-order valence-corrected chi connectivity index (χ0v) is 21.5. The van der Waals surface area contributed by atoms with Crippen LogP contribution in [0.4, 0.5) is 15.9 Å². The summed E-state index contributed by atoms with van der Waals surface area (Å²) in [6.07, 6.45) is 8.47. The molecule has 40 heavy (non-hydrogen) atoms. The minimum Gasteiger partial charge on any atom is -0.355 e. The number of benzene rings is 2. The average Bonchev–Trinajstić information content (AvgIpc) is 3.63. The molecule has 3 N–H and O–H groups in total. The van der Waals surface area contributed by atoms with E-state index in [1.807, 2.05) is 18.2 Å². The Morgan fingerprint density at radius 3 is 2.65 bits per heavy atom. The lowest BCUT2D eigenvalue weighted by Gasteiger charge is -2.27. The molecule has 198 valence electrons. The second kappa shape index (κ2) is 9.88. The Balaban J connectivity index is 1.25. The van der Waals surface area contributed by atoms with E-state index < -0.39 is 5.82 Å². The molecule has 1 aliphatic rings. The highest BCUT2D eigenvalue weighted by molar-refractivity contribution is 6.04. The highest BCUT2D eigenvalue weighted by Gasteiger charge is 2.21. The molecule has 1 aliphatic heterocycles. The topological polar surface area (TPSA) is 115 Å². The molecule has 6 aromatic rings. The van der Waals surface area contributed by atoms with Crippen LogP contribution < -0.4 is 10.2 Å². The van der Waals surface area contributed by atoms with Crippen LogP contribution in [0.1, 0.15) is 29.6 Å². The van der Waals surface area contributed by atoms with Crippen molar-refractivity contribution in [1.29, 1.82) is 0 Å². The van der Waals surface area contributed by atoms with Crippen molar-refractivity contribution in [3.63, 3.8) is 0 Å². The van der Waals surface area contributed by atoms with Gasteiger partial charge in [0.1, 0.15) is 16.7 Å². The maximum atomic E-state index is 15.3. The maximum absolute atomic E-state index is 15.3. The number of H-pyrrole nitrogens is 2. The average molecular weight is 533 g/mol. The number of fused-ring (bicyclic) bond motifs is 2. The minimum atomic E-state index is -0.472. The molecule has 2 aromatic carbocycles. The van der Waals surface area contributed by atoms with E-state index in [1.54, 1.807) is 48.9 Å². The van der Waals surface area contributed by atoms with Gasteiger partial charge in [0.05, 0.1) is 17.4 Å². The van der Waals surface area contributed by atoms with Crippen molar-refractivity contribution in [3.05, 3.63) is 84.6 Å². The highest BCUT2D eigenvalue weighted by Crippen LogP contribution is 2.34. The van der Waals surface area contributed by atoms with Crippen molar-refractivity contribution in [2.24, 2.45) is 0 Å². The number of hydrogen-bond donors (Lipinski definition) is 3. The van der Waals surface area contributed by atoms with Gasteiger partial charge in [-0.05, 0) is 61.2 Å². The van der Waals surface area contributed by atoms with Crippen molar-refractivity contribution in [2.45, 2.75) is 19.3 Å². The molecule has 10 heteroatoms. The minimum absolute atomic E-state index is 0.218. The first-order valence-corrected chi connectivity index (χ1v) is 13.2. The standard InChI is InChI=1S/C30H25FN8O/c31-23-15-19(20-13-21(17-32-16-20)34-30(40)18-7-3-1-4-8-18)14-22-25(23)37-38-26(22)28-35-24-9-10-33-29(27(24)36-28)39-11-5-2-6-12-39/h1,3-4,7-10,13-17H,2,5-6,11-12H2,(H,34,40)(H,35,36)(H,37,38). The van der Waals surface area contributed by atoms with E-state index in [0.717, 1.165) is 42.8 Å². The number of rotatable bonds is 5. The number of nitrogens with zero attached hydrogens (tertiary/aromatic N) is 5. The number of anilines is 2. The Bertz CT molecular complexity index is 1860. The smallest absolute Gasteiger partial charge is 0.255 e. The zero-order chi connectivity index (χ0) is 27.1. The molecule has 9 nitrogen and oxygen atoms in total. The Morgan fingerprint density at radius 1 is 0.950 bits per heavy atom. The van der Waals surface area contributed by atoms with E-state index in [2.05, 4.69) is 35.4 Å². The molecule has 0 spiro atoms. The van der Waals surface area contributed by atoms with Crippen molar-refractivity contribution in [1.82, 2.24) is 30.1 Å². The number of amides is 1. The number of carbonyl (C=O) groups excluding carboxylic acids is 1. The fourth-order valence-corrected chi connectivity index (χ4v) is 5.26. The molecular weight excluding hydrogens is 507 g/mol. The summed E-state index contributed by atoms with van der Waals surface area (Å²) in [5, 5.41) is 10.7. The molecule has 0 bridgehead atoms. The van der Waals surface area contributed by atoms with Crippen LogP contribution in [0.5, 0.6) is 0 Å². The van der Waals surface area contributed by atoms with Crippen LogP contribution in [-0.4, -0.2) is 49.1 Å². The third kappa shape index (κ3) is 4.33. The molecule has 0 aliphatic carbocycles. The van der Waals surface area contributed by atoms with Gasteiger partial charge in [-0.2, -0.15) is 5.10 Å². The first-order valence-electron chi connectivity index (χ1n) is 13.2. The molecule has 0 unspecified atom stereocenters. The van der Waals surface area contributed by atoms with Crippen LogP contribution in [-0.2, 0) is 0 Å². The summed E-state index contributed by atoms with van der Waals surface area (Å²) in [5.74, 6) is 0.695. The lowest BCUT2D eigenvalue weighted by Crippen LogP contribution is -2.30. The maximum Gasteiger partial charge on any atom is 0.255 e. The molecular formula is C30H25FN8O. The third-order valence-electron chi connectivity index (χ3n) is 7.25. The van der Waals surface area contributed by atoms with Crippen LogP contribution in [0.15, 0.2) is 73.2 Å². The number of piperidine rings is 1. The Kier molecular flexibility index (Phi) is 5.92. The molecule has 4 aromatic heterocycles. The summed E-state index contributed by atoms with van der Waals surface area (Å²) in [6.45, 7) is 1.91. The van der Waals surface area contributed by atoms with Crippen molar-refractivity contribution in [2.75, 3.05) is 23.3 Å². The Hall–Kier alpha value is -5.12. The van der Waals surface area contributed by atoms with E-state index in [9.17, 15) is 4.79 Å². The quantitative estimate of drug-likeness (QED) is 0.253. The van der Waals surface area contributed by atoms with E-state index in [4.69, 9.17) is 4.98 Å². The fourth-order valence-electron chi connectivity index (χ4n) is 5.26. The van der Waals surface area contributed by atoms with E-state index in [0.29, 0.717) is 39.3 Å². The highest BCUT2D eigenvalue weighted by atomic mass is 19.1. The summed E-state index contributed by atoms with van der Waals surface area (Å²) in [4.78, 5) is 32.0. The van der Waals surface area contributed by atoms with Gasteiger partial charge in [0.2, 0.25) is 0 Å². The molecule has 5 heterocycles. The van der Waals surface area contributed by atoms with Gasteiger partial charge in [0, 0.05) is 42.0 Å². The van der Waals surface area contributed by atoms with E-state index in [-0.39, 0.29) is 11.4 Å². The SMILES string of the molecule is O=C(Nc1cncc(-c2cc(F)c3n[nH]c(-c4nc5c(N6CCCCC6)nccc5[nH]4)c3c2)c1)c1ccccc1. The van der Waals surface area contributed by atoms with Gasteiger partial charge < -0.3 is 15.2 Å². The Labute approximate surface area is 228 Å². The number of hydrogen-bond acceptors (Lipinski definition) is 6. The second-order valence-corrected chi connectivity index (χ2v) is 9.90. The number of aromatic amines is 2. The molecule has 1 amide bonds. The summed E-state index contributed by atoms with van der Waals surface area (Å²) >= 11 is 0. The second-order valence-electron chi connectivity index (χ2n) is 9.90. The number of halogens is 1. The normalized spacial score (nSPS) is 13.7. The third-order valence-corrected chi connectivity index (χ3v) is 7.25. The molecule has 1 fully saturated rings. The van der Waals surface area contributed by atoms with E-state index >= 15 is 4.39 Å². The summed E-state index contributed by atoms with van der Waals surface area (Å²) < 4.78 is 15.3. The van der Waals surface area contributed by atoms with E-state index in [1.165, 1.54) is 12.5 Å². The number of imidazole rings is 1. The van der Waals surface area contributed by atoms with Gasteiger partial charge in [-0.1, -0.05) is 18.2 Å². The lowest BCUT2D eigenvalue weighted by atomic mass is 10.0. The van der Waals surface area contributed by atoms with Gasteiger partial charge in [-0.15, -0.1) is 0 Å². The summed E-state index contributed by atoms with van der Waals surface area (Å²) in [6, 6.07) is 15.9. The first kappa shape index (κ1) is 24.0. The van der Waals surface area contributed by atoms with Crippen LogP contribution in [0.3, 0.4) is 0 Å². The van der Waals surface area contributed by atoms with Crippen LogP contribution in [0.2, 0.25) is 0 Å². The van der Waals surface area contributed by atoms with Crippen LogP contribution in [0, 0.1) is 5.82 Å². The number of aromatic nitrogens is 6. The van der Waals surface area contributed by atoms with Crippen LogP contribution in [0.25, 0.3) is 44.6 Å². The molecule has 7 rings (SSSR count). The predicted molar refractivity (Wildman–Crippen MR) is 153 cm³/mol. The number of nitrogens with one attached hydrogen (secondary N) is 3. The first-order chi connectivity index (χ1) is 19.6. The number of carbonyl (C=O) groups is 1. The molecule has 0 radical (unpaired) electrons. The lowest BCUT2D eigenvalue weighted by molar-refractivity contribution is 0.102. The molecule has 1 saturated heterocycles. The van der Waals surface area contributed by atoms with Gasteiger partial charge in [0.15, 0.2) is 17.5 Å². The fraction of sp³-hybridized carbons (Fsp3) is 0.167. The number of pyridine rings is 2. The van der Waals surface area contributed by atoms with Crippen LogP contribution >= 0.6 is 0 Å². The zero-order valence-electron chi connectivity index (χ0n) is 21.5.